The van der Waals surface area contributed by atoms with Gasteiger partial charge < -0.3 is 20.5 Å². The highest BCUT2D eigenvalue weighted by Crippen LogP contribution is 2.30. The van der Waals surface area contributed by atoms with Crippen LogP contribution in [0, 0.1) is 5.92 Å². The van der Waals surface area contributed by atoms with E-state index >= 15 is 0 Å². The number of nitrogens with two attached hydrogens (primary N) is 1. The van der Waals surface area contributed by atoms with Crippen molar-refractivity contribution in [3.63, 3.8) is 0 Å². The van der Waals surface area contributed by atoms with Crippen LogP contribution >= 0.6 is 0 Å². The van der Waals surface area contributed by atoms with E-state index in [1.54, 1.807) is 32.4 Å². The average Bonchev–Trinajstić information content (AvgIpc) is 2.55. The van der Waals surface area contributed by atoms with Gasteiger partial charge in [-0.15, -0.1) is 0 Å². The lowest BCUT2D eigenvalue weighted by Crippen LogP contribution is -2.42. The van der Waals surface area contributed by atoms with Gasteiger partial charge in [-0.05, 0) is 38.1 Å². The predicted octanol–water partition coefficient (Wildman–Crippen LogP) is 0.840. The fourth-order valence-electron chi connectivity index (χ4n) is 2.71. The van der Waals surface area contributed by atoms with Gasteiger partial charge in [0, 0.05) is 12.0 Å². The highest BCUT2D eigenvalue weighted by molar-refractivity contribution is 5.94. The molecule has 1 aromatic carbocycles. The van der Waals surface area contributed by atoms with Gasteiger partial charge in [0.2, 0.25) is 11.8 Å². The van der Waals surface area contributed by atoms with Crippen molar-refractivity contribution in [3.8, 4) is 11.5 Å². The van der Waals surface area contributed by atoms with E-state index in [0.29, 0.717) is 43.1 Å². The van der Waals surface area contributed by atoms with Crippen LogP contribution in [0.1, 0.15) is 12.8 Å². The number of hydrogen-bond donors (Lipinski definition) is 2. The van der Waals surface area contributed by atoms with Crippen molar-refractivity contribution in [1.82, 2.24) is 4.90 Å². The fraction of sp³-hybridized carbons (Fsp3) is 0.500. The van der Waals surface area contributed by atoms with Crippen LogP contribution in [0.5, 0.6) is 11.5 Å². The normalized spacial score (nSPS) is 15.9. The molecule has 0 aromatic heterocycles. The number of carbonyl (C=O) groups excluding carboxylic acids is 2. The molecule has 7 nitrogen and oxygen atoms in total. The first kappa shape index (κ1) is 17.1. The maximum atomic E-state index is 12.4. The summed E-state index contributed by atoms with van der Waals surface area (Å²) in [5, 5.41) is 2.91. The molecule has 126 valence electrons. The molecule has 7 heteroatoms. The second-order valence-corrected chi connectivity index (χ2v) is 5.57. The molecule has 0 unspecified atom stereocenters. The van der Waals surface area contributed by atoms with E-state index in [1.807, 2.05) is 4.90 Å². The van der Waals surface area contributed by atoms with E-state index in [4.69, 9.17) is 15.2 Å². The monoisotopic (exact) mass is 321 g/mol. The van der Waals surface area contributed by atoms with Crippen LogP contribution in [0.25, 0.3) is 0 Å². The summed E-state index contributed by atoms with van der Waals surface area (Å²) >= 11 is 0. The summed E-state index contributed by atoms with van der Waals surface area (Å²) in [7, 11) is 3.12. The van der Waals surface area contributed by atoms with Crippen molar-refractivity contribution in [2.45, 2.75) is 12.8 Å². The molecule has 1 aliphatic heterocycles. The van der Waals surface area contributed by atoms with Gasteiger partial charge in [-0.25, -0.2) is 0 Å². The Kier molecular flexibility index (Phi) is 5.81. The molecular weight excluding hydrogens is 298 g/mol. The van der Waals surface area contributed by atoms with E-state index in [0.717, 1.165) is 0 Å². The molecule has 0 atom stereocenters. The maximum absolute atomic E-state index is 12.4. The second-order valence-electron chi connectivity index (χ2n) is 5.57. The number of piperidine rings is 1. The highest BCUT2D eigenvalue weighted by atomic mass is 16.5. The molecule has 1 fully saturated rings. The molecule has 1 heterocycles. The molecule has 0 radical (unpaired) electrons. The third-order valence-corrected chi connectivity index (χ3v) is 4.00. The van der Waals surface area contributed by atoms with Gasteiger partial charge in [0.25, 0.3) is 0 Å². The molecule has 2 amide bonds. The smallest absolute Gasteiger partial charge is 0.231 e. The number of rotatable bonds is 6. The van der Waals surface area contributed by atoms with Crippen molar-refractivity contribution >= 4 is 17.5 Å². The fourth-order valence-corrected chi connectivity index (χ4v) is 2.71. The quantitative estimate of drug-likeness (QED) is 0.810. The summed E-state index contributed by atoms with van der Waals surface area (Å²) in [4.78, 5) is 25.3. The number of amides is 2. The molecule has 1 aliphatic rings. The number of primary amides is 1. The lowest BCUT2D eigenvalue weighted by atomic mass is 9.95. The number of anilines is 1. The molecule has 0 aliphatic carbocycles. The predicted molar refractivity (Wildman–Crippen MR) is 86.5 cm³/mol. The number of carbonyl (C=O) groups is 2. The molecular formula is C16H23N3O4. The number of hydrogen-bond acceptors (Lipinski definition) is 5. The van der Waals surface area contributed by atoms with E-state index in [2.05, 4.69) is 5.32 Å². The highest BCUT2D eigenvalue weighted by Gasteiger charge is 2.26. The Morgan fingerprint density at radius 3 is 2.52 bits per heavy atom. The Bertz CT molecular complexity index is 568. The van der Waals surface area contributed by atoms with Crippen molar-refractivity contribution in [1.29, 1.82) is 0 Å². The molecule has 0 bridgehead atoms. The first-order valence-corrected chi connectivity index (χ1v) is 7.57. The standard InChI is InChI=1S/C16H23N3O4/c1-22-12-3-4-13(14(9-12)23-2)18-16(21)11-5-7-19(8-6-11)10-15(17)20/h3-4,9,11H,5-8,10H2,1-2H3,(H2,17,20)(H,18,21). The van der Waals surface area contributed by atoms with Crippen LogP contribution in [0.15, 0.2) is 18.2 Å². The van der Waals surface area contributed by atoms with Gasteiger partial charge >= 0.3 is 0 Å². The molecule has 0 spiro atoms. The zero-order valence-electron chi connectivity index (χ0n) is 13.5. The van der Waals surface area contributed by atoms with Crippen molar-refractivity contribution in [2.24, 2.45) is 11.7 Å². The summed E-state index contributed by atoms with van der Waals surface area (Å²) in [6.45, 7) is 1.64. The van der Waals surface area contributed by atoms with E-state index in [1.165, 1.54) is 0 Å². The third kappa shape index (κ3) is 4.59. The van der Waals surface area contributed by atoms with Crippen LogP contribution < -0.4 is 20.5 Å². The lowest BCUT2D eigenvalue weighted by Gasteiger charge is -2.30. The topological polar surface area (TPSA) is 93.9 Å². The molecule has 1 saturated heterocycles. The molecule has 23 heavy (non-hydrogen) atoms. The summed E-state index contributed by atoms with van der Waals surface area (Å²) in [5.74, 6) is 0.775. The minimum absolute atomic E-state index is 0.0350. The van der Waals surface area contributed by atoms with Gasteiger partial charge in [-0.2, -0.15) is 0 Å². The second kappa shape index (κ2) is 7.82. The molecule has 3 N–H and O–H groups in total. The first-order valence-electron chi connectivity index (χ1n) is 7.57. The molecule has 2 rings (SSSR count). The zero-order chi connectivity index (χ0) is 16.8. The van der Waals surface area contributed by atoms with Crippen LogP contribution in [0.2, 0.25) is 0 Å². The van der Waals surface area contributed by atoms with Crippen molar-refractivity contribution in [2.75, 3.05) is 39.2 Å². The van der Waals surface area contributed by atoms with Gasteiger partial charge in [0.05, 0.1) is 26.5 Å². The van der Waals surface area contributed by atoms with Crippen LogP contribution in [0.4, 0.5) is 5.69 Å². The summed E-state index contributed by atoms with van der Waals surface area (Å²) in [6.07, 6.45) is 1.41. The lowest BCUT2D eigenvalue weighted by molar-refractivity contribution is -0.122. The SMILES string of the molecule is COc1ccc(NC(=O)C2CCN(CC(N)=O)CC2)c(OC)c1. The van der Waals surface area contributed by atoms with Crippen LogP contribution in [0.3, 0.4) is 0 Å². The largest absolute Gasteiger partial charge is 0.497 e. The number of methoxy groups -OCH3 is 2. The number of nitrogens with one attached hydrogen (secondary N) is 1. The van der Waals surface area contributed by atoms with Crippen LogP contribution in [-0.2, 0) is 9.59 Å². The zero-order valence-corrected chi connectivity index (χ0v) is 13.5. The molecule has 0 saturated carbocycles. The molecule has 1 aromatic rings. The number of nitrogens with zero attached hydrogens (tertiary/aromatic N) is 1. The number of benzene rings is 1. The Morgan fingerprint density at radius 1 is 1.26 bits per heavy atom. The summed E-state index contributed by atoms with van der Waals surface area (Å²) < 4.78 is 10.4. The van der Waals surface area contributed by atoms with E-state index in [9.17, 15) is 9.59 Å². The van der Waals surface area contributed by atoms with E-state index in [-0.39, 0.29) is 24.3 Å². The minimum Gasteiger partial charge on any atom is -0.497 e. The Balaban J connectivity index is 1.94. The minimum atomic E-state index is -0.337. The number of likely N-dealkylation sites (tertiary alicyclic amines) is 1. The Morgan fingerprint density at radius 2 is 1.96 bits per heavy atom. The Labute approximate surface area is 135 Å². The summed E-state index contributed by atoms with van der Waals surface area (Å²) in [6, 6.07) is 5.26. The first-order chi connectivity index (χ1) is 11.0. The Hall–Kier alpha value is -2.28. The van der Waals surface area contributed by atoms with Gasteiger partial charge in [-0.3, -0.25) is 14.5 Å². The van der Waals surface area contributed by atoms with Gasteiger partial charge in [0.1, 0.15) is 11.5 Å². The third-order valence-electron chi connectivity index (χ3n) is 4.00. The van der Waals surface area contributed by atoms with E-state index < -0.39 is 0 Å². The van der Waals surface area contributed by atoms with Gasteiger partial charge in [-0.1, -0.05) is 0 Å². The maximum Gasteiger partial charge on any atom is 0.231 e. The van der Waals surface area contributed by atoms with Crippen molar-refractivity contribution in [3.05, 3.63) is 18.2 Å². The number of ether oxygens (including phenoxy) is 2. The van der Waals surface area contributed by atoms with Crippen molar-refractivity contribution < 1.29 is 19.1 Å². The average molecular weight is 321 g/mol. The summed E-state index contributed by atoms with van der Waals surface area (Å²) in [5.41, 5.74) is 5.81. The van der Waals surface area contributed by atoms with Crippen LogP contribution in [-0.4, -0.2) is 50.6 Å². The van der Waals surface area contributed by atoms with Gasteiger partial charge in [0.15, 0.2) is 0 Å².